The van der Waals surface area contributed by atoms with Gasteiger partial charge in [-0.2, -0.15) is 0 Å². The molecular formula is C11H14FNO2. The Morgan fingerprint density at radius 2 is 2.20 bits per heavy atom. The van der Waals surface area contributed by atoms with E-state index in [1.54, 1.807) is 18.0 Å². The number of nitrogens with zero attached hydrogens (tertiary/aromatic N) is 1. The molecule has 1 aromatic carbocycles. The number of likely N-dealkylation sites (N-methyl/N-ethyl adjacent to an activating group) is 1. The molecule has 3 nitrogen and oxygen atoms in total. The Hall–Kier alpha value is -1.42. The number of aliphatic hydroxyl groups is 1. The minimum Gasteiger partial charge on any atom is -0.394 e. The van der Waals surface area contributed by atoms with Crippen molar-refractivity contribution in [2.24, 2.45) is 0 Å². The van der Waals surface area contributed by atoms with Crippen LogP contribution >= 0.6 is 0 Å². The number of anilines is 1. The highest BCUT2D eigenvalue weighted by atomic mass is 19.1. The highest BCUT2D eigenvalue weighted by Crippen LogP contribution is 2.18. The average Bonchev–Trinajstić information content (AvgIpc) is 2.26. The van der Waals surface area contributed by atoms with Gasteiger partial charge in [0.15, 0.2) is 0 Å². The summed E-state index contributed by atoms with van der Waals surface area (Å²) in [4.78, 5) is 12.3. The monoisotopic (exact) mass is 211 g/mol. The summed E-state index contributed by atoms with van der Waals surface area (Å²) in [6.07, 6.45) is 0.601. The Kier molecular flexibility index (Phi) is 3.80. The molecule has 1 rings (SSSR count). The van der Waals surface area contributed by atoms with E-state index in [-0.39, 0.29) is 12.6 Å². The van der Waals surface area contributed by atoms with Gasteiger partial charge in [0.25, 0.3) is 0 Å². The lowest BCUT2D eigenvalue weighted by Crippen LogP contribution is -2.31. The maximum atomic E-state index is 13.1. The molecular weight excluding hydrogens is 197 g/mol. The number of benzene rings is 1. The van der Waals surface area contributed by atoms with Crippen LogP contribution < -0.4 is 4.90 Å². The van der Waals surface area contributed by atoms with E-state index < -0.39 is 5.82 Å². The van der Waals surface area contributed by atoms with Gasteiger partial charge >= 0.3 is 0 Å². The van der Waals surface area contributed by atoms with Crippen molar-refractivity contribution >= 4 is 12.0 Å². The third-order valence-electron chi connectivity index (χ3n) is 2.37. The van der Waals surface area contributed by atoms with E-state index in [0.717, 1.165) is 0 Å². The molecule has 0 radical (unpaired) electrons. The number of carbonyl (C=O) groups is 1. The maximum Gasteiger partial charge on any atom is 0.150 e. The van der Waals surface area contributed by atoms with E-state index >= 15 is 0 Å². The molecule has 0 aliphatic heterocycles. The summed E-state index contributed by atoms with van der Waals surface area (Å²) < 4.78 is 13.1. The Morgan fingerprint density at radius 1 is 1.53 bits per heavy atom. The lowest BCUT2D eigenvalue weighted by Gasteiger charge is -2.25. The molecule has 1 unspecified atom stereocenters. The van der Waals surface area contributed by atoms with Gasteiger partial charge in [-0.05, 0) is 25.1 Å². The van der Waals surface area contributed by atoms with Gasteiger partial charge in [0, 0.05) is 24.3 Å². The van der Waals surface area contributed by atoms with E-state index in [4.69, 9.17) is 5.11 Å². The molecule has 0 aliphatic carbocycles. The van der Waals surface area contributed by atoms with Crippen LogP contribution in [0.15, 0.2) is 18.2 Å². The van der Waals surface area contributed by atoms with Gasteiger partial charge in [-0.25, -0.2) is 4.39 Å². The Morgan fingerprint density at radius 3 is 2.73 bits per heavy atom. The summed E-state index contributed by atoms with van der Waals surface area (Å²) in [6, 6.07) is 3.97. The van der Waals surface area contributed by atoms with Crippen molar-refractivity contribution in [1.82, 2.24) is 0 Å². The number of carbonyl (C=O) groups excluding carboxylic acids is 1. The van der Waals surface area contributed by atoms with Crippen LogP contribution in [-0.4, -0.2) is 31.1 Å². The van der Waals surface area contributed by atoms with Crippen LogP contribution in [0.25, 0.3) is 0 Å². The van der Waals surface area contributed by atoms with E-state index in [1.807, 2.05) is 6.92 Å². The smallest absolute Gasteiger partial charge is 0.150 e. The summed E-state index contributed by atoms with van der Waals surface area (Å²) in [5, 5.41) is 8.96. The molecule has 0 saturated heterocycles. The van der Waals surface area contributed by atoms with Gasteiger partial charge in [0.05, 0.1) is 6.61 Å². The molecule has 1 aromatic rings. The van der Waals surface area contributed by atoms with Crippen LogP contribution in [0.4, 0.5) is 10.1 Å². The molecule has 4 heteroatoms. The number of hydrogen-bond donors (Lipinski definition) is 1. The average molecular weight is 211 g/mol. The number of aldehydes is 1. The van der Waals surface area contributed by atoms with Crippen molar-refractivity contribution in [2.75, 3.05) is 18.6 Å². The number of rotatable bonds is 4. The second kappa shape index (κ2) is 4.89. The first-order chi connectivity index (χ1) is 7.08. The second-order valence-corrected chi connectivity index (χ2v) is 3.50. The molecule has 1 atom stereocenters. The minimum absolute atomic E-state index is 0.0244. The van der Waals surface area contributed by atoms with Crippen molar-refractivity contribution in [3.63, 3.8) is 0 Å². The molecule has 0 bridgehead atoms. The number of halogens is 1. The summed E-state index contributed by atoms with van der Waals surface area (Å²) >= 11 is 0. The standard InChI is InChI=1S/C11H14FNO2/c1-8(6-14)13(2)11-4-9(7-15)3-10(12)5-11/h3-5,7-8,14H,6H2,1-2H3. The van der Waals surface area contributed by atoms with Crippen molar-refractivity contribution in [1.29, 1.82) is 0 Å². The van der Waals surface area contributed by atoms with Gasteiger partial charge in [-0.1, -0.05) is 0 Å². The van der Waals surface area contributed by atoms with Gasteiger partial charge < -0.3 is 10.0 Å². The Labute approximate surface area is 88.1 Å². The zero-order valence-corrected chi connectivity index (χ0v) is 8.77. The summed E-state index contributed by atoms with van der Waals surface area (Å²) in [5.41, 5.74) is 0.876. The summed E-state index contributed by atoms with van der Waals surface area (Å²) in [5.74, 6) is -0.452. The molecule has 1 N–H and O–H groups in total. The lowest BCUT2D eigenvalue weighted by atomic mass is 10.2. The van der Waals surface area contributed by atoms with Crippen LogP contribution in [0.3, 0.4) is 0 Å². The van der Waals surface area contributed by atoms with Crippen LogP contribution in [0, 0.1) is 5.82 Å². The van der Waals surface area contributed by atoms with Gasteiger partial charge in [0.1, 0.15) is 12.1 Å². The van der Waals surface area contributed by atoms with E-state index in [2.05, 4.69) is 0 Å². The second-order valence-electron chi connectivity index (χ2n) is 3.50. The van der Waals surface area contributed by atoms with Crippen LogP contribution in [0.1, 0.15) is 17.3 Å². The Bertz CT molecular complexity index is 354. The molecule has 0 aliphatic rings. The van der Waals surface area contributed by atoms with E-state index in [0.29, 0.717) is 17.5 Å². The quantitative estimate of drug-likeness (QED) is 0.766. The fourth-order valence-electron chi connectivity index (χ4n) is 1.24. The first-order valence-corrected chi connectivity index (χ1v) is 4.68. The summed E-state index contributed by atoms with van der Waals surface area (Å²) in [6.45, 7) is 1.79. The maximum absolute atomic E-state index is 13.1. The third kappa shape index (κ3) is 2.76. The molecule has 82 valence electrons. The molecule has 0 heterocycles. The fraction of sp³-hybridized carbons (Fsp3) is 0.364. The lowest BCUT2D eigenvalue weighted by molar-refractivity contribution is 0.112. The largest absolute Gasteiger partial charge is 0.394 e. The van der Waals surface area contributed by atoms with Gasteiger partial charge in [0.2, 0.25) is 0 Å². The molecule has 0 spiro atoms. The van der Waals surface area contributed by atoms with Crippen LogP contribution in [0.5, 0.6) is 0 Å². The van der Waals surface area contributed by atoms with Crippen LogP contribution in [0.2, 0.25) is 0 Å². The highest BCUT2D eigenvalue weighted by Gasteiger charge is 2.10. The fourth-order valence-corrected chi connectivity index (χ4v) is 1.24. The predicted octanol–water partition coefficient (Wildman–Crippen LogP) is 1.46. The van der Waals surface area contributed by atoms with Crippen molar-refractivity contribution in [3.05, 3.63) is 29.6 Å². The van der Waals surface area contributed by atoms with Gasteiger partial charge in [-0.3, -0.25) is 4.79 Å². The normalized spacial score (nSPS) is 12.3. The van der Waals surface area contributed by atoms with Crippen LogP contribution in [-0.2, 0) is 0 Å². The predicted molar refractivity (Wildman–Crippen MR) is 56.7 cm³/mol. The third-order valence-corrected chi connectivity index (χ3v) is 2.37. The molecule has 0 amide bonds. The number of aliphatic hydroxyl groups excluding tert-OH is 1. The summed E-state index contributed by atoms with van der Waals surface area (Å²) in [7, 11) is 1.74. The van der Waals surface area contributed by atoms with Gasteiger partial charge in [-0.15, -0.1) is 0 Å². The molecule has 0 aromatic heterocycles. The first-order valence-electron chi connectivity index (χ1n) is 4.68. The number of hydrogen-bond acceptors (Lipinski definition) is 3. The highest BCUT2D eigenvalue weighted by molar-refractivity contribution is 5.77. The van der Waals surface area contributed by atoms with Crippen molar-refractivity contribution in [3.8, 4) is 0 Å². The zero-order valence-electron chi connectivity index (χ0n) is 8.77. The first kappa shape index (κ1) is 11.7. The minimum atomic E-state index is -0.452. The van der Waals surface area contributed by atoms with E-state index in [1.165, 1.54) is 12.1 Å². The zero-order chi connectivity index (χ0) is 11.4. The van der Waals surface area contributed by atoms with E-state index in [9.17, 15) is 9.18 Å². The topological polar surface area (TPSA) is 40.5 Å². The van der Waals surface area contributed by atoms with Crippen molar-refractivity contribution < 1.29 is 14.3 Å². The molecule has 0 saturated carbocycles. The molecule has 0 fully saturated rings. The van der Waals surface area contributed by atoms with Crippen molar-refractivity contribution in [2.45, 2.75) is 13.0 Å². The Balaban J connectivity index is 3.02. The SMILES string of the molecule is CC(CO)N(C)c1cc(F)cc(C=O)c1. The molecule has 15 heavy (non-hydrogen) atoms.